The van der Waals surface area contributed by atoms with Crippen LogP contribution in [0.5, 0.6) is 23.3 Å². The third-order valence-corrected chi connectivity index (χ3v) is 4.09. The molecule has 4 rings (SSSR count). The molecule has 27 heavy (non-hydrogen) atoms. The first-order valence-corrected chi connectivity index (χ1v) is 8.27. The van der Waals surface area contributed by atoms with Crippen LogP contribution in [0.25, 0.3) is 22.7 Å². The Kier molecular flexibility index (Phi) is 4.12. The second-order valence-corrected chi connectivity index (χ2v) is 6.08. The van der Waals surface area contributed by atoms with Crippen LogP contribution in [0.3, 0.4) is 0 Å². The van der Waals surface area contributed by atoms with E-state index < -0.39 is 0 Å². The first-order valence-electron chi connectivity index (χ1n) is 8.27. The Labute approximate surface area is 155 Å². The summed E-state index contributed by atoms with van der Waals surface area (Å²) in [5.41, 5.74) is 2.81. The Balaban J connectivity index is 1.67. The van der Waals surface area contributed by atoms with Crippen molar-refractivity contribution in [1.82, 2.24) is 15.0 Å². The minimum absolute atomic E-state index is 0.0172. The van der Waals surface area contributed by atoms with Gasteiger partial charge in [0.1, 0.15) is 17.0 Å². The Morgan fingerprint density at radius 2 is 1.74 bits per heavy atom. The fraction of sp³-hybridized carbons (Fsp3) is 0.150. The van der Waals surface area contributed by atoms with Crippen LogP contribution >= 0.6 is 0 Å². The van der Waals surface area contributed by atoms with E-state index >= 15 is 0 Å². The maximum Gasteiger partial charge on any atom is 0.325 e. The van der Waals surface area contributed by atoms with Gasteiger partial charge in [-0.1, -0.05) is 6.07 Å². The molecule has 0 saturated carbocycles. The highest BCUT2D eigenvalue weighted by Gasteiger charge is 2.14. The molecule has 0 fully saturated rings. The van der Waals surface area contributed by atoms with Crippen molar-refractivity contribution in [2.45, 2.75) is 13.8 Å². The minimum atomic E-state index is 0.0172. The summed E-state index contributed by atoms with van der Waals surface area (Å²) in [5.74, 6) is 1.61. The van der Waals surface area contributed by atoms with E-state index in [1.165, 1.54) is 6.20 Å². The molecule has 2 heterocycles. The van der Waals surface area contributed by atoms with Gasteiger partial charge in [-0.2, -0.15) is 4.98 Å². The van der Waals surface area contributed by atoms with Crippen LogP contribution in [0.2, 0.25) is 0 Å². The number of fused-ring (bicyclic) bond motifs is 1. The van der Waals surface area contributed by atoms with Gasteiger partial charge in [-0.3, -0.25) is 5.11 Å². The van der Waals surface area contributed by atoms with Crippen molar-refractivity contribution in [3.8, 4) is 34.7 Å². The lowest BCUT2D eigenvalue weighted by Crippen LogP contribution is -1.92. The van der Waals surface area contributed by atoms with Crippen molar-refractivity contribution in [2.24, 2.45) is 0 Å². The van der Waals surface area contributed by atoms with Crippen molar-refractivity contribution in [1.29, 1.82) is 0 Å². The predicted octanol–water partition coefficient (Wildman–Crippen LogP) is 4.85. The number of hydrogen-bond acceptors (Lipinski definition) is 6. The van der Waals surface area contributed by atoms with E-state index in [1.807, 2.05) is 12.1 Å². The van der Waals surface area contributed by atoms with E-state index in [-0.39, 0.29) is 11.8 Å². The predicted molar refractivity (Wildman–Crippen MR) is 97.7 cm³/mol. The number of nitrogens with zero attached hydrogens (tertiary/aromatic N) is 3. The lowest BCUT2D eigenvalue weighted by Gasteiger charge is -2.04. The minimum Gasteiger partial charge on any atom is -0.497 e. The molecule has 7 nitrogen and oxygen atoms in total. The summed E-state index contributed by atoms with van der Waals surface area (Å²) in [5, 5.41) is 11.9. The zero-order valence-corrected chi connectivity index (χ0v) is 15.0. The topological polar surface area (TPSA) is 90.2 Å². The summed E-state index contributed by atoms with van der Waals surface area (Å²) in [7, 11) is 1.58. The Morgan fingerprint density at radius 3 is 2.48 bits per heavy atom. The van der Waals surface area contributed by atoms with E-state index in [4.69, 9.17) is 13.9 Å². The summed E-state index contributed by atoms with van der Waals surface area (Å²) >= 11 is 0. The van der Waals surface area contributed by atoms with Gasteiger partial charge in [-0.05, 0) is 49.2 Å². The molecule has 0 atom stereocenters. The van der Waals surface area contributed by atoms with E-state index in [0.29, 0.717) is 39.7 Å². The summed E-state index contributed by atoms with van der Waals surface area (Å²) < 4.78 is 16.6. The third-order valence-electron chi connectivity index (χ3n) is 4.09. The van der Waals surface area contributed by atoms with Gasteiger partial charge in [0.15, 0.2) is 5.75 Å². The zero-order chi connectivity index (χ0) is 19.0. The molecule has 4 aromatic rings. The number of methoxy groups -OCH3 is 1. The highest BCUT2D eigenvalue weighted by molar-refractivity contribution is 5.72. The molecular weight excluding hydrogens is 346 g/mol. The number of oxazole rings is 1. The van der Waals surface area contributed by atoms with Crippen LogP contribution < -0.4 is 9.47 Å². The lowest BCUT2D eigenvalue weighted by molar-refractivity contribution is 0.348. The molecule has 0 bridgehead atoms. The van der Waals surface area contributed by atoms with Gasteiger partial charge in [0.2, 0.25) is 5.89 Å². The van der Waals surface area contributed by atoms with Gasteiger partial charge in [-0.15, -0.1) is 0 Å². The van der Waals surface area contributed by atoms with E-state index in [2.05, 4.69) is 15.0 Å². The SMILES string of the molecule is COc1cccc(Oc2ncc3nc(-c4cc(C)c([O])c(C)c4)oc3n2)c1. The van der Waals surface area contributed by atoms with Crippen LogP contribution in [0, 0.1) is 13.8 Å². The van der Waals surface area contributed by atoms with Crippen molar-refractivity contribution >= 4 is 11.2 Å². The third kappa shape index (κ3) is 3.27. The zero-order valence-electron chi connectivity index (χ0n) is 15.0. The quantitative estimate of drug-likeness (QED) is 0.516. The molecule has 7 heteroatoms. The molecule has 0 aliphatic heterocycles. The average molecular weight is 362 g/mol. The van der Waals surface area contributed by atoms with Gasteiger partial charge in [0.05, 0.1) is 13.3 Å². The number of ether oxygens (including phenoxy) is 2. The number of hydrogen-bond donors (Lipinski definition) is 0. The van der Waals surface area contributed by atoms with Crippen molar-refractivity contribution < 1.29 is 19.0 Å². The lowest BCUT2D eigenvalue weighted by atomic mass is 10.1. The second-order valence-electron chi connectivity index (χ2n) is 6.08. The smallest absolute Gasteiger partial charge is 0.325 e. The highest BCUT2D eigenvalue weighted by Crippen LogP contribution is 2.31. The van der Waals surface area contributed by atoms with Crippen molar-refractivity contribution in [2.75, 3.05) is 7.11 Å². The standard InChI is InChI=1S/C20H16N3O4/c1-11-7-13(8-12(2)17(11)24)18-22-16-10-21-20(23-19(16)27-18)26-15-6-4-5-14(9-15)25-3/h4-10H,1-3H3. The van der Waals surface area contributed by atoms with Crippen molar-refractivity contribution in [3.63, 3.8) is 0 Å². The Hall–Kier alpha value is -3.61. The second kappa shape index (κ2) is 6.60. The van der Waals surface area contributed by atoms with Gasteiger partial charge in [0.25, 0.3) is 5.71 Å². The van der Waals surface area contributed by atoms with Gasteiger partial charge < -0.3 is 13.9 Å². The normalized spacial score (nSPS) is 10.9. The summed E-state index contributed by atoms with van der Waals surface area (Å²) in [4.78, 5) is 12.8. The molecule has 0 aliphatic carbocycles. The molecule has 0 N–H and O–H groups in total. The fourth-order valence-corrected chi connectivity index (χ4v) is 2.74. The molecule has 2 aromatic heterocycles. The first-order chi connectivity index (χ1) is 13.0. The molecule has 0 aliphatic rings. The molecule has 2 aromatic carbocycles. The van der Waals surface area contributed by atoms with Crippen LogP contribution in [-0.2, 0) is 5.11 Å². The maximum absolute atomic E-state index is 11.9. The highest BCUT2D eigenvalue weighted by atomic mass is 16.5. The van der Waals surface area contributed by atoms with E-state index in [9.17, 15) is 5.11 Å². The first kappa shape index (κ1) is 16.8. The number of rotatable bonds is 4. The van der Waals surface area contributed by atoms with E-state index in [0.717, 1.165) is 5.56 Å². The average Bonchev–Trinajstić information content (AvgIpc) is 3.09. The molecular formula is C20H16N3O4. The molecule has 1 radical (unpaired) electrons. The summed E-state index contributed by atoms with van der Waals surface area (Å²) in [6, 6.07) is 10.8. The number of aromatic nitrogens is 3. The van der Waals surface area contributed by atoms with Crippen molar-refractivity contribution in [3.05, 3.63) is 53.7 Å². The maximum atomic E-state index is 11.9. The van der Waals surface area contributed by atoms with Gasteiger partial charge >= 0.3 is 6.01 Å². The molecule has 0 saturated heterocycles. The summed E-state index contributed by atoms with van der Waals surface area (Å²) in [6.07, 6.45) is 1.53. The molecule has 0 spiro atoms. The number of aryl methyl sites for hydroxylation is 2. The number of benzene rings is 2. The summed E-state index contributed by atoms with van der Waals surface area (Å²) in [6.45, 7) is 3.53. The van der Waals surface area contributed by atoms with Crippen LogP contribution in [0.1, 0.15) is 11.1 Å². The van der Waals surface area contributed by atoms with Gasteiger partial charge in [-0.25, -0.2) is 9.97 Å². The largest absolute Gasteiger partial charge is 0.497 e. The monoisotopic (exact) mass is 362 g/mol. The molecule has 0 unspecified atom stereocenters. The fourth-order valence-electron chi connectivity index (χ4n) is 2.74. The Bertz CT molecular complexity index is 1110. The van der Waals surface area contributed by atoms with E-state index in [1.54, 1.807) is 45.2 Å². The van der Waals surface area contributed by atoms with Gasteiger partial charge in [0, 0.05) is 11.6 Å². The van der Waals surface area contributed by atoms with Crippen LogP contribution in [0.4, 0.5) is 0 Å². The van der Waals surface area contributed by atoms with Crippen LogP contribution in [0.15, 0.2) is 47.0 Å². The molecule has 135 valence electrons. The Morgan fingerprint density at radius 1 is 1.00 bits per heavy atom. The molecule has 0 amide bonds. The van der Waals surface area contributed by atoms with Crippen LogP contribution in [-0.4, -0.2) is 22.1 Å².